The summed E-state index contributed by atoms with van der Waals surface area (Å²) in [6, 6.07) is 3.49. The number of amides is 2. The fourth-order valence-corrected chi connectivity index (χ4v) is 3.89. The van der Waals surface area contributed by atoms with E-state index >= 15 is 0 Å². The Labute approximate surface area is 169 Å². The van der Waals surface area contributed by atoms with Crippen LogP contribution in [0.1, 0.15) is 48.3 Å². The van der Waals surface area contributed by atoms with Crippen molar-refractivity contribution in [3.8, 4) is 5.75 Å². The predicted molar refractivity (Wildman–Crippen MR) is 104 cm³/mol. The number of rotatable bonds is 0. The zero-order valence-corrected chi connectivity index (χ0v) is 16.4. The number of nitrogens with zero attached hydrogens (tertiary/aromatic N) is 5. The second kappa shape index (κ2) is 9.02. The Bertz CT molecular complexity index is 867. The molecular weight excluding hydrogens is 372 g/mol. The molecular formula is C20H26N6O3. The van der Waals surface area contributed by atoms with Gasteiger partial charge < -0.3 is 15.0 Å². The molecule has 9 nitrogen and oxygen atoms in total. The molecule has 4 heterocycles. The average Bonchev–Trinajstić information content (AvgIpc) is 3.19. The summed E-state index contributed by atoms with van der Waals surface area (Å²) in [7, 11) is 0. The molecule has 9 heteroatoms. The number of piperidine rings is 1. The molecule has 0 aliphatic carbocycles. The first-order valence-corrected chi connectivity index (χ1v) is 10.3. The van der Waals surface area contributed by atoms with Crippen molar-refractivity contribution in [1.29, 1.82) is 0 Å². The Kier molecular flexibility index (Phi) is 6.02. The van der Waals surface area contributed by atoms with E-state index in [2.05, 4.69) is 20.6 Å². The molecule has 2 aromatic rings. The van der Waals surface area contributed by atoms with Gasteiger partial charge in [0, 0.05) is 37.9 Å². The van der Waals surface area contributed by atoms with Gasteiger partial charge in [-0.25, -0.2) is 9.67 Å². The van der Waals surface area contributed by atoms with Gasteiger partial charge in [0.05, 0.1) is 12.2 Å². The van der Waals surface area contributed by atoms with Gasteiger partial charge in [0.1, 0.15) is 6.61 Å². The number of ether oxygens (including phenoxy) is 1. The first-order valence-electron chi connectivity index (χ1n) is 10.3. The molecule has 1 fully saturated rings. The van der Waals surface area contributed by atoms with E-state index in [0.717, 1.165) is 37.9 Å². The minimum Gasteiger partial charge on any atom is -0.489 e. The van der Waals surface area contributed by atoms with Crippen molar-refractivity contribution in [2.45, 2.75) is 51.1 Å². The summed E-state index contributed by atoms with van der Waals surface area (Å²) in [5, 5.41) is 11.2. The van der Waals surface area contributed by atoms with Gasteiger partial charge in [-0.15, -0.1) is 5.10 Å². The first-order chi connectivity index (χ1) is 14.2. The second-order valence-electron chi connectivity index (χ2n) is 7.47. The predicted octanol–water partition coefficient (Wildman–Crippen LogP) is 1.20. The Morgan fingerprint density at radius 2 is 2.07 bits per heavy atom. The van der Waals surface area contributed by atoms with Crippen molar-refractivity contribution in [3.05, 3.63) is 35.9 Å². The maximum absolute atomic E-state index is 12.8. The van der Waals surface area contributed by atoms with E-state index in [1.165, 1.54) is 0 Å². The highest BCUT2D eigenvalue weighted by Gasteiger charge is 2.27. The van der Waals surface area contributed by atoms with Gasteiger partial charge in [0.25, 0.3) is 5.91 Å². The minimum absolute atomic E-state index is 0.0184. The zero-order chi connectivity index (χ0) is 20.1. The number of fused-ring (bicyclic) bond motifs is 4. The standard InChI is InChI=1S/C20H26N6O3/c27-18-8-3-5-15-14-25(24-23-15)11-12-29-17-7-4-9-21-19(17)20(28)22-13-16-6-1-2-10-26(16)18/h4,7,9,14,16H,1-3,5-6,8,10-13H2,(H,22,28). The zero-order valence-electron chi connectivity index (χ0n) is 16.4. The topological polar surface area (TPSA) is 102 Å². The summed E-state index contributed by atoms with van der Waals surface area (Å²) in [5.41, 5.74) is 1.13. The molecule has 154 valence electrons. The van der Waals surface area contributed by atoms with Crippen LogP contribution in [0.25, 0.3) is 0 Å². The van der Waals surface area contributed by atoms with E-state index in [1.54, 1.807) is 23.0 Å². The molecule has 4 rings (SSSR count). The molecule has 0 saturated carbocycles. The SMILES string of the molecule is O=C1NCC2CCCCN2C(=O)CCCc2cn(nn2)CCOc2cccnc21. The van der Waals surface area contributed by atoms with Crippen LogP contribution in [-0.4, -0.2) is 62.4 Å². The van der Waals surface area contributed by atoms with E-state index in [-0.39, 0.29) is 23.6 Å². The van der Waals surface area contributed by atoms with Crippen molar-refractivity contribution in [2.75, 3.05) is 19.7 Å². The van der Waals surface area contributed by atoms with Crippen LogP contribution >= 0.6 is 0 Å². The van der Waals surface area contributed by atoms with Gasteiger partial charge in [-0.1, -0.05) is 5.21 Å². The van der Waals surface area contributed by atoms with Crippen molar-refractivity contribution in [2.24, 2.45) is 0 Å². The summed E-state index contributed by atoms with van der Waals surface area (Å²) in [6.07, 6.45) is 8.34. The summed E-state index contributed by atoms with van der Waals surface area (Å²) in [4.78, 5) is 31.6. The van der Waals surface area contributed by atoms with Crippen molar-refractivity contribution < 1.29 is 14.3 Å². The smallest absolute Gasteiger partial charge is 0.273 e. The van der Waals surface area contributed by atoms with Crippen molar-refractivity contribution >= 4 is 11.8 Å². The quantitative estimate of drug-likeness (QED) is 0.715. The summed E-state index contributed by atoms with van der Waals surface area (Å²) in [5.74, 6) is 0.291. The number of nitrogens with one attached hydrogen (secondary N) is 1. The van der Waals surface area contributed by atoms with Gasteiger partial charge in [-0.3, -0.25) is 9.59 Å². The molecule has 0 aromatic carbocycles. The van der Waals surface area contributed by atoms with Gasteiger partial charge >= 0.3 is 0 Å². The van der Waals surface area contributed by atoms with Gasteiger partial charge in [0.15, 0.2) is 11.4 Å². The van der Waals surface area contributed by atoms with Crippen molar-refractivity contribution in [1.82, 2.24) is 30.2 Å². The first kappa shape index (κ1) is 19.4. The van der Waals surface area contributed by atoms with Gasteiger partial charge in [0.2, 0.25) is 5.91 Å². The second-order valence-corrected chi connectivity index (χ2v) is 7.47. The molecule has 0 spiro atoms. The lowest BCUT2D eigenvalue weighted by Crippen LogP contribution is -2.49. The Balaban J connectivity index is 1.55. The highest BCUT2D eigenvalue weighted by Crippen LogP contribution is 2.20. The number of carbonyl (C=O) groups excluding carboxylic acids is 2. The normalized spacial score (nSPS) is 21.4. The van der Waals surface area contributed by atoms with Crippen LogP contribution in [0, 0.1) is 0 Å². The maximum atomic E-state index is 12.8. The molecule has 1 unspecified atom stereocenters. The molecule has 2 bridgehead atoms. The maximum Gasteiger partial charge on any atom is 0.273 e. The molecule has 2 aliphatic rings. The van der Waals surface area contributed by atoms with E-state index < -0.39 is 0 Å². The van der Waals surface area contributed by atoms with Gasteiger partial charge in [-0.05, 0) is 44.2 Å². The Morgan fingerprint density at radius 1 is 1.14 bits per heavy atom. The summed E-state index contributed by atoms with van der Waals surface area (Å²) in [6.45, 7) is 2.03. The van der Waals surface area contributed by atoms with Crippen molar-refractivity contribution in [3.63, 3.8) is 0 Å². The number of aryl methyl sites for hydroxylation is 1. The molecule has 2 aliphatic heterocycles. The van der Waals surface area contributed by atoms with Crippen LogP contribution < -0.4 is 10.1 Å². The number of carbonyl (C=O) groups is 2. The molecule has 2 aromatic heterocycles. The lowest BCUT2D eigenvalue weighted by Gasteiger charge is -2.36. The third-order valence-corrected chi connectivity index (χ3v) is 5.42. The van der Waals surface area contributed by atoms with E-state index in [0.29, 0.717) is 38.3 Å². The number of hydrogen-bond acceptors (Lipinski definition) is 6. The van der Waals surface area contributed by atoms with Crippen LogP contribution in [0.5, 0.6) is 5.75 Å². The van der Waals surface area contributed by atoms with Gasteiger partial charge in [-0.2, -0.15) is 0 Å². The van der Waals surface area contributed by atoms with E-state index in [9.17, 15) is 9.59 Å². The number of pyridine rings is 1. The van der Waals surface area contributed by atoms with E-state index in [4.69, 9.17) is 4.74 Å². The Morgan fingerprint density at radius 3 is 3.00 bits per heavy atom. The molecule has 1 atom stereocenters. The lowest BCUT2D eigenvalue weighted by atomic mass is 10.0. The van der Waals surface area contributed by atoms with Crippen LogP contribution in [-0.2, 0) is 17.8 Å². The number of aromatic nitrogens is 4. The third-order valence-electron chi connectivity index (χ3n) is 5.42. The fraction of sp³-hybridized carbons (Fsp3) is 0.550. The Hall–Kier alpha value is -2.97. The van der Waals surface area contributed by atoms with Crippen LogP contribution in [0.3, 0.4) is 0 Å². The van der Waals surface area contributed by atoms with Crippen LogP contribution in [0.2, 0.25) is 0 Å². The molecule has 0 radical (unpaired) electrons. The highest BCUT2D eigenvalue weighted by atomic mass is 16.5. The monoisotopic (exact) mass is 398 g/mol. The summed E-state index contributed by atoms with van der Waals surface area (Å²) < 4.78 is 7.51. The molecule has 29 heavy (non-hydrogen) atoms. The molecule has 2 amide bonds. The fourth-order valence-electron chi connectivity index (χ4n) is 3.89. The number of hydrogen-bond donors (Lipinski definition) is 1. The largest absolute Gasteiger partial charge is 0.489 e. The molecule has 1 N–H and O–H groups in total. The lowest BCUT2D eigenvalue weighted by molar-refractivity contribution is -0.134. The average molecular weight is 398 g/mol. The van der Waals surface area contributed by atoms with Crippen LogP contribution in [0.15, 0.2) is 24.5 Å². The van der Waals surface area contributed by atoms with E-state index in [1.807, 2.05) is 11.1 Å². The minimum atomic E-state index is -0.286. The highest BCUT2D eigenvalue weighted by molar-refractivity contribution is 5.94. The van der Waals surface area contributed by atoms with Crippen LogP contribution in [0.4, 0.5) is 0 Å². The third kappa shape index (κ3) is 4.72. The summed E-state index contributed by atoms with van der Waals surface area (Å²) >= 11 is 0. The molecule has 1 saturated heterocycles.